The lowest BCUT2D eigenvalue weighted by Crippen LogP contribution is -2.53. The Hall–Kier alpha value is -3.40. The van der Waals surface area contributed by atoms with Crippen LogP contribution in [0.5, 0.6) is 0 Å². The van der Waals surface area contributed by atoms with Crippen molar-refractivity contribution >= 4 is 22.9 Å². The van der Waals surface area contributed by atoms with Crippen LogP contribution in [0.2, 0.25) is 0 Å². The van der Waals surface area contributed by atoms with Crippen LogP contribution in [-0.2, 0) is 10.3 Å². The van der Waals surface area contributed by atoms with Crippen LogP contribution in [-0.4, -0.2) is 32.4 Å². The quantitative estimate of drug-likeness (QED) is 0.432. The molecule has 1 saturated carbocycles. The molecule has 8 nitrogen and oxygen atoms in total. The number of anilines is 1. The van der Waals surface area contributed by atoms with Crippen LogP contribution >= 0.6 is 0 Å². The fraction of sp³-hybridized carbons (Fsp3) is 0.481. The highest BCUT2D eigenvalue weighted by Crippen LogP contribution is 2.44. The Labute approximate surface area is 214 Å². The van der Waals surface area contributed by atoms with Gasteiger partial charge in [0.1, 0.15) is 5.65 Å². The Morgan fingerprint density at radius 2 is 1.68 bits per heavy atom. The monoisotopic (exact) mass is 512 g/mol. The molecule has 0 radical (unpaired) electrons. The minimum Gasteiger partial charge on any atom is -0.348 e. The summed E-state index contributed by atoms with van der Waals surface area (Å²) in [5, 5.41) is 7.00. The number of pyridine rings is 1. The van der Waals surface area contributed by atoms with Crippen molar-refractivity contribution in [2.24, 2.45) is 5.73 Å². The first-order valence-electron chi connectivity index (χ1n) is 12.6. The number of fused-ring (bicyclic) bond motifs is 1. The van der Waals surface area contributed by atoms with Crippen molar-refractivity contribution in [3.8, 4) is 0 Å². The van der Waals surface area contributed by atoms with Gasteiger partial charge in [-0.1, -0.05) is 24.3 Å². The summed E-state index contributed by atoms with van der Waals surface area (Å²) in [4.78, 5) is 33.8. The van der Waals surface area contributed by atoms with Crippen LogP contribution in [0.3, 0.4) is 0 Å². The maximum absolute atomic E-state index is 13.9. The third-order valence-electron chi connectivity index (χ3n) is 7.10. The maximum atomic E-state index is 13.9. The molecule has 2 atom stereocenters. The van der Waals surface area contributed by atoms with Crippen molar-refractivity contribution in [3.63, 3.8) is 0 Å². The number of carbonyl (C=O) groups is 1. The van der Waals surface area contributed by atoms with Gasteiger partial charge in [-0.15, -0.1) is 0 Å². The first kappa shape index (κ1) is 26.7. The Balaban J connectivity index is 1.57. The molecule has 0 unspecified atom stereocenters. The average Bonchev–Trinajstić information content (AvgIpc) is 2.85. The molecule has 2 heterocycles. The number of aromatic nitrogens is 3. The number of nitrogens with one attached hydrogen (secondary N) is 2. The normalized spacial score (nSPS) is 18.4. The van der Waals surface area contributed by atoms with E-state index in [1.165, 1.54) is 6.07 Å². The van der Waals surface area contributed by atoms with Crippen molar-refractivity contribution in [2.75, 3.05) is 5.32 Å². The van der Waals surface area contributed by atoms with Crippen LogP contribution in [0.15, 0.2) is 47.4 Å². The van der Waals surface area contributed by atoms with Gasteiger partial charge in [0.15, 0.2) is 0 Å². The number of hydrogen-bond acceptors (Lipinski definition) is 6. The Bertz CT molecular complexity index is 1330. The fourth-order valence-electron chi connectivity index (χ4n) is 4.85. The summed E-state index contributed by atoms with van der Waals surface area (Å²) in [6.07, 6.45) is 1.35. The van der Waals surface area contributed by atoms with Crippen LogP contribution in [0.1, 0.15) is 76.6 Å². The average molecular weight is 513 g/mol. The van der Waals surface area contributed by atoms with Crippen molar-refractivity contribution in [1.29, 1.82) is 0 Å². The van der Waals surface area contributed by atoms with Gasteiger partial charge in [0.25, 0.3) is 5.56 Å². The first-order chi connectivity index (χ1) is 17.4. The highest BCUT2D eigenvalue weighted by atomic mass is 19.3. The summed E-state index contributed by atoms with van der Waals surface area (Å²) in [6, 6.07) is 9.81. The van der Waals surface area contributed by atoms with Gasteiger partial charge in [-0.2, -0.15) is 4.98 Å². The summed E-state index contributed by atoms with van der Waals surface area (Å²) < 4.78 is 29.5. The van der Waals surface area contributed by atoms with E-state index in [9.17, 15) is 18.4 Å². The van der Waals surface area contributed by atoms with Crippen molar-refractivity contribution in [3.05, 3.63) is 64.1 Å². The first-order valence-corrected chi connectivity index (χ1v) is 12.6. The second-order valence-electron chi connectivity index (χ2n) is 10.3. The summed E-state index contributed by atoms with van der Waals surface area (Å²) in [5.74, 6) is -2.71. The molecule has 4 rings (SSSR count). The minimum absolute atomic E-state index is 0.0567. The van der Waals surface area contributed by atoms with E-state index in [0.717, 1.165) is 16.5 Å². The summed E-state index contributed by atoms with van der Waals surface area (Å²) in [6.45, 7) is 7.39. The Morgan fingerprint density at radius 1 is 1.03 bits per heavy atom. The number of rotatable bonds is 7. The number of nitrogens with zero attached hydrogens (tertiary/aromatic N) is 3. The van der Waals surface area contributed by atoms with Crippen LogP contribution < -0.4 is 21.9 Å². The molecule has 1 amide bonds. The molecule has 3 aromatic rings. The second kappa shape index (κ2) is 10.2. The van der Waals surface area contributed by atoms with Gasteiger partial charge in [-0.3, -0.25) is 14.2 Å². The van der Waals surface area contributed by atoms with Gasteiger partial charge in [0.05, 0.1) is 17.6 Å². The zero-order valence-corrected chi connectivity index (χ0v) is 21.6. The van der Waals surface area contributed by atoms with Gasteiger partial charge in [0.2, 0.25) is 17.8 Å². The van der Waals surface area contributed by atoms with Crippen molar-refractivity contribution in [1.82, 2.24) is 19.9 Å². The molecule has 4 N–H and O–H groups in total. The predicted octanol–water partition coefficient (Wildman–Crippen LogP) is 4.41. The van der Waals surface area contributed by atoms with Crippen LogP contribution in [0.25, 0.3) is 11.0 Å². The van der Waals surface area contributed by atoms with E-state index in [1.54, 1.807) is 23.8 Å². The molecular weight excluding hydrogens is 478 g/mol. The van der Waals surface area contributed by atoms with E-state index in [0.29, 0.717) is 11.6 Å². The van der Waals surface area contributed by atoms with Gasteiger partial charge in [-0.05, 0) is 57.7 Å². The molecule has 0 bridgehead atoms. The van der Waals surface area contributed by atoms with E-state index in [1.807, 2.05) is 45.0 Å². The number of hydrogen-bond donors (Lipinski definition) is 3. The van der Waals surface area contributed by atoms with Crippen molar-refractivity contribution < 1.29 is 13.6 Å². The molecule has 0 aliphatic heterocycles. The molecule has 198 valence electrons. The van der Waals surface area contributed by atoms with Gasteiger partial charge < -0.3 is 16.4 Å². The molecule has 1 aliphatic rings. The maximum Gasteiger partial charge on any atom is 0.252 e. The van der Waals surface area contributed by atoms with E-state index in [-0.39, 0.29) is 49.2 Å². The van der Waals surface area contributed by atoms with Crippen LogP contribution in [0.4, 0.5) is 14.7 Å². The lowest BCUT2D eigenvalue weighted by molar-refractivity contribution is -0.126. The van der Waals surface area contributed by atoms with Crippen molar-refractivity contribution in [2.45, 2.75) is 83.0 Å². The summed E-state index contributed by atoms with van der Waals surface area (Å²) in [5.41, 5.74) is 7.00. The third-order valence-corrected chi connectivity index (χ3v) is 7.10. The predicted molar refractivity (Wildman–Crippen MR) is 140 cm³/mol. The summed E-state index contributed by atoms with van der Waals surface area (Å²) >= 11 is 0. The number of amides is 1. The zero-order valence-electron chi connectivity index (χ0n) is 21.6. The summed E-state index contributed by atoms with van der Waals surface area (Å²) in [7, 11) is 0. The number of alkyl halides is 2. The second-order valence-corrected chi connectivity index (χ2v) is 10.3. The number of nitrogens with two attached hydrogens (primary N) is 1. The smallest absolute Gasteiger partial charge is 0.252 e. The minimum atomic E-state index is -2.73. The van der Waals surface area contributed by atoms with E-state index >= 15 is 0 Å². The Morgan fingerprint density at radius 3 is 2.27 bits per heavy atom. The molecule has 2 aromatic heterocycles. The molecule has 0 spiro atoms. The van der Waals surface area contributed by atoms with Gasteiger partial charge >= 0.3 is 0 Å². The number of halogens is 2. The molecule has 37 heavy (non-hydrogen) atoms. The topological polar surface area (TPSA) is 115 Å². The molecule has 1 aliphatic carbocycles. The highest BCUT2D eigenvalue weighted by molar-refractivity contribution is 5.82. The molecule has 0 saturated heterocycles. The fourth-order valence-corrected chi connectivity index (χ4v) is 4.85. The standard InChI is InChI=1S/C27H34F2N6O2/c1-16(2)35-22(36)10-7-20-15-31-25(33-23(20)35)32-18(4)19-5-8-21(9-6-19)26(34-24(37)17(3)30)11-13-27(28,29)14-12-26/h5-10,15-18H,11-14,30H2,1-4H3,(H,34,37)(H,31,32,33)/t17-,18-/m0/s1. The Kier molecular flexibility index (Phi) is 7.32. The lowest BCUT2D eigenvalue weighted by Gasteiger charge is -2.41. The lowest BCUT2D eigenvalue weighted by atomic mass is 9.74. The van der Waals surface area contributed by atoms with Gasteiger partial charge in [-0.25, -0.2) is 13.8 Å². The van der Waals surface area contributed by atoms with E-state index in [4.69, 9.17) is 5.73 Å². The largest absolute Gasteiger partial charge is 0.348 e. The zero-order chi connectivity index (χ0) is 27.0. The van der Waals surface area contributed by atoms with Crippen LogP contribution in [0, 0.1) is 0 Å². The molecule has 1 fully saturated rings. The number of benzene rings is 1. The molecule has 10 heteroatoms. The molecular formula is C27H34F2N6O2. The third kappa shape index (κ3) is 5.64. The highest BCUT2D eigenvalue weighted by Gasteiger charge is 2.45. The molecule has 1 aromatic carbocycles. The van der Waals surface area contributed by atoms with E-state index in [2.05, 4.69) is 20.6 Å². The van der Waals surface area contributed by atoms with E-state index < -0.39 is 17.5 Å². The van der Waals surface area contributed by atoms with Gasteiger partial charge in [0, 0.05) is 36.5 Å². The number of carbonyl (C=O) groups excluding carboxylic acids is 1. The SMILES string of the molecule is CC(C)n1c(=O)ccc2cnc(N[C@@H](C)c3ccc(C4(NC(=O)[C@H](C)N)CCC(F)(F)CC4)cc3)nc21.